The van der Waals surface area contributed by atoms with E-state index in [4.69, 9.17) is 33.4 Å². The predicted molar refractivity (Wildman–Crippen MR) is 16.3 cm³/mol. The van der Waals surface area contributed by atoms with E-state index in [0.29, 0.717) is 0 Å². The Morgan fingerprint density at radius 3 is 1.00 bits per heavy atom. The molecule has 8 nitrogen and oxygen atoms in total. The van der Waals surface area contributed by atoms with Gasteiger partial charge in [0.15, 0.2) is 0 Å². The maximum absolute atomic E-state index is 8.82. The van der Waals surface area contributed by atoms with Crippen molar-refractivity contribution in [2.75, 3.05) is 0 Å². The van der Waals surface area contributed by atoms with E-state index in [1.54, 1.807) is 0 Å². The van der Waals surface area contributed by atoms with Crippen LogP contribution in [0, 0.1) is 0 Å². The van der Waals surface area contributed by atoms with Crippen molar-refractivity contribution in [1.82, 2.24) is 0 Å². The minimum absolute atomic E-state index is 0. The molecule has 0 radical (unpaired) electrons. The Morgan fingerprint density at radius 2 is 1.00 bits per heavy atom. The fourth-order valence-electron chi connectivity index (χ4n) is 0. The molecule has 64 valence electrons. The van der Waals surface area contributed by atoms with Crippen LogP contribution >= 0.6 is 0 Å². The Balaban J connectivity index is -0.0000000457. The molecular weight excluding hydrogens is 258 g/mol. The van der Waals surface area contributed by atoms with E-state index in [9.17, 15) is 0 Å². The summed E-state index contributed by atoms with van der Waals surface area (Å²) in [7, 11) is -5.17. The molecule has 0 atom stereocenters. The fraction of sp³-hybridized carbons (Fsp3) is 0. The first-order valence-corrected chi connectivity index (χ1v) is 4.88. The number of hydrogen-bond acceptors (Lipinski definition) is 6. The summed E-state index contributed by atoms with van der Waals surface area (Å²) in [6.45, 7) is 0. The topological polar surface area (TPSA) is 155 Å². The zero-order valence-electron chi connectivity index (χ0n) is 6.16. The van der Waals surface area contributed by atoms with Gasteiger partial charge in [-0.05, 0) is 0 Å². The molecule has 0 aliphatic rings. The summed E-state index contributed by atoms with van der Waals surface area (Å²) in [4.78, 5) is 0. The van der Waals surface area contributed by atoms with E-state index in [2.05, 4.69) is 0 Å². The van der Waals surface area contributed by atoms with Gasteiger partial charge in [-0.25, -0.2) is 0 Å². The summed E-state index contributed by atoms with van der Waals surface area (Å²) in [5.74, 6) is 0. The van der Waals surface area contributed by atoms with Crippen LogP contribution in [0.2, 0.25) is 0 Å². The molecular formula is H2CrNa2O8S. The third kappa shape index (κ3) is 385. The first-order valence-electron chi connectivity index (χ1n) is 1.37. The van der Waals surface area contributed by atoms with Crippen molar-refractivity contribution in [2.24, 2.45) is 0 Å². The summed E-state index contributed by atoms with van der Waals surface area (Å²) in [6, 6.07) is 0. The molecule has 0 unspecified atom stereocenters. The molecule has 12 heteroatoms. The third-order valence-electron chi connectivity index (χ3n) is 0. The molecule has 0 rings (SSSR count). The molecule has 0 bridgehead atoms. The van der Waals surface area contributed by atoms with Crippen LogP contribution in [-0.4, -0.2) is 25.8 Å². The van der Waals surface area contributed by atoms with Gasteiger partial charge in [-0.2, -0.15) is 0 Å². The Hall–Kier alpha value is 1.92. The quantitative estimate of drug-likeness (QED) is 0.247. The second kappa shape index (κ2) is 9.48. The SMILES string of the molecule is O=S(=O)([O-])[O-].[Na+].[Na+].[O]=[Cr](=[O])([OH])[OH]. The van der Waals surface area contributed by atoms with Crippen molar-refractivity contribution in [1.29, 1.82) is 0 Å². The van der Waals surface area contributed by atoms with Gasteiger partial charge < -0.3 is 9.11 Å². The summed E-state index contributed by atoms with van der Waals surface area (Å²) in [5.41, 5.74) is 0. The average molecular weight is 260 g/mol. The van der Waals surface area contributed by atoms with Gasteiger partial charge in [0.2, 0.25) is 0 Å². The van der Waals surface area contributed by atoms with Crippen LogP contribution in [0.25, 0.3) is 0 Å². The Bertz CT molecular complexity index is 213. The molecule has 0 aliphatic heterocycles. The van der Waals surface area contributed by atoms with Gasteiger partial charge >= 0.3 is 88.7 Å². The molecule has 0 aromatic carbocycles. The van der Waals surface area contributed by atoms with E-state index in [-0.39, 0.29) is 59.1 Å². The van der Waals surface area contributed by atoms with E-state index in [1.807, 2.05) is 0 Å². The average Bonchev–Trinajstić information content (AvgIpc) is 1.12. The monoisotopic (exact) mass is 260 g/mol. The van der Waals surface area contributed by atoms with Gasteiger partial charge in [-0.3, -0.25) is 8.42 Å². The normalized spacial score (nSPS) is 9.67. The molecule has 0 aromatic rings. The summed E-state index contributed by atoms with van der Waals surface area (Å²) in [5, 5.41) is 0. The van der Waals surface area contributed by atoms with Gasteiger partial charge in [-0.1, -0.05) is 0 Å². The standard InChI is InChI=1S/Cr.2Na.H2O4S.2H2O.2O/c;;;1-5(2,3)4;;;;/h;;;(H2,1,2,3,4);2*1H2;;/q+2;2*+1;;;;;/p-4. The van der Waals surface area contributed by atoms with Crippen molar-refractivity contribution in [3.05, 3.63) is 0 Å². The Labute approximate surface area is 115 Å². The van der Waals surface area contributed by atoms with E-state index >= 15 is 0 Å². The second-order valence-electron chi connectivity index (χ2n) is 0.856. The Kier molecular flexibility index (Phi) is 18.6. The van der Waals surface area contributed by atoms with Crippen LogP contribution in [0.15, 0.2) is 0 Å². The van der Waals surface area contributed by atoms with Crippen molar-refractivity contribution in [3.63, 3.8) is 0 Å². The zero-order chi connectivity index (χ0) is 9.00. The van der Waals surface area contributed by atoms with Gasteiger partial charge in [0.1, 0.15) is 0 Å². The van der Waals surface area contributed by atoms with Crippen molar-refractivity contribution < 1.29 is 106 Å². The van der Waals surface area contributed by atoms with Crippen LogP contribution in [-0.2, 0) is 31.6 Å². The summed E-state index contributed by atoms with van der Waals surface area (Å²) in [6.07, 6.45) is 0. The molecule has 0 heterocycles. The van der Waals surface area contributed by atoms with Crippen LogP contribution in [0.1, 0.15) is 0 Å². The van der Waals surface area contributed by atoms with Crippen molar-refractivity contribution in [3.8, 4) is 0 Å². The molecule has 2 N–H and O–H groups in total. The first kappa shape index (κ1) is 23.6. The zero-order valence-corrected chi connectivity index (χ0v) is 12.3. The fourth-order valence-corrected chi connectivity index (χ4v) is 0. The van der Waals surface area contributed by atoms with E-state index in [1.165, 1.54) is 0 Å². The molecule has 0 amide bonds. The minimum atomic E-state index is -5.25. The molecule has 0 saturated heterocycles. The van der Waals surface area contributed by atoms with Crippen LogP contribution < -0.4 is 59.1 Å². The molecule has 0 saturated carbocycles. The summed E-state index contributed by atoms with van der Waals surface area (Å²) < 4.78 is 66.0. The van der Waals surface area contributed by atoms with Gasteiger partial charge in [-0.15, -0.1) is 0 Å². The Morgan fingerprint density at radius 1 is 1.00 bits per heavy atom. The number of rotatable bonds is 0. The van der Waals surface area contributed by atoms with E-state index in [0.717, 1.165) is 0 Å². The summed E-state index contributed by atoms with van der Waals surface area (Å²) >= 11 is -5.25. The van der Waals surface area contributed by atoms with Gasteiger partial charge in [0, 0.05) is 10.4 Å². The first-order chi connectivity index (χ1) is 4.00. The van der Waals surface area contributed by atoms with Crippen LogP contribution in [0.3, 0.4) is 0 Å². The second-order valence-corrected chi connectivity index (χ2v) is 3.07. The third-order valence-corrected chi connectivity index (χ3v) is 0. The number of hydrogen-bond donors (Lipinski definition) is 2. The molecule has 0 aliphatic carbocycles. The van der Waals surface area contributed by atoms with Crippen molar-refractivity contribution in [2.45, 2.75) is 0 Å². The molecule has 0 fully saturated rings. The van der Waals surface area contributed by atoms with Crippen LogP contribution in [0.4, 0.5) is 0 Å². The van der Waals surface area contributed by atoms with Gasteiger partial charge in [0.05, 0.1) is 0 Å². The van der Waals surface area contributed by atoms with E-state index < -0.39 is 24.0 Å². The molecule has 0 aromatic heterocycles. The van der Waals surface area contributed by atoms with Gasteiger partial charge in [0.25, 0.3) is 0 Å². The predicted octanol–water partition coefficient (Wildman–Crippen LogP) is -8.68. The molecule has 12 heavy (non-hydrogen) atoms. The molecule has 0 spiro atoms. The maximum atomic E-state index is 8.82. The van der Waals surface area contributed by atoms with Crippen molar-refractivity contribution >= 4 is 10.4 Å². The van der Waals surface area contributed by atoms with Crippen LogP contribution in [0.5, 0.6) is 0 Å².